The van der Waals surface area contributed by atoms with Gasteiger partial charge in [-0.2, -0.15) is 0 Å². The summed E-state index contributed by atoms with van der Waals surface area (Å²) in [6.45, 7) is 3.78. The molecule has 0 aliphatic carbocycles. The van der Waals surface area contributed by atoms with Crippen LogP contribution in [0.5, 0.6) is 0 Å². The van der Waals surface area contributed by atoms with Crippen LogP contribution in [0, 0.1) is 0 Å². The topological polar surface area (TPSA) is 29.5 Å². The molecule has 1 heterocycles. The van der Waals surface area contributed by atoms with E-state index < -0.39 is 0 Å². The van der Waals surface area contributed by atoms with Crippen LogP contribution < -0.4 is 0 Å². The molecule has 1 aliphatic heterocycles. The van der Waals surface area contributed by atoms with Gasteiger partial charge in [-0.1, -0.05) is 46.3 Å². The fourth-order valence-corrected chi connectivity index (χ4v) is 2.26. The van der Waals surface area contributed by atoms with Crippen molar-refractivity contribution in [3.63, 3.8) is 0 Å². The molecule has 1 aromatic carbocycles. The number of hydrogen-bond donors (Lipinski definition) is 0. The van der Waals surface area contributed by atoms with Crippen molar-refractivity contribution in [2.24, 2.45) is 0 Å². The molecule has 1 amide bonds. The highest BCUT2D eigenvalue weighted by Crippen LogP contribution is 2.22. The van der Waals surface area contributed by atoms with Crippen LogP contribution in [-0.2, 0) is 9.53 Å². The van der Waals surface area contributed by atoms with Gasteiger partial charge in [-0.15, -0.1) is 0 Å². The van der Waals surface area contributed by atoms with Gasteiger partial charge in [0, 0.05) is 6.54 Å². The lowest BCUT2D eigenvalue weighted by Gasteiger charge is -2.33. The van der Waals surface area contributed by atoms with E-state index in [9.17, 15) is 4.79 Å². The first-order valence-corrected chi connectivity index (χ1v) is 6.69. The van der Waals surface area contributed by atoms with Crippen molar-refractivity contribution in [1.82, 2.24) is 4.90 Å². The number of benzene rings is 1. The predicted octanol–water partition coefficient (Wildman–Crippen LogP) is 2.37. The molecule has 92 valence electrons. The van der Waals surface area contributed by atoms with Crippen LogP contribution in [0.15, 0.2) is 30.3 Å². The van der Waals surface area contributed by atoms with Crippen LogP contribution in [0.25, 0.3) is 0 Å². The monoisotopic (exact) mass is 297 g/mol. The number of morpholine rings is 1. The van der Waals surface area contributed by atoms with Gasteiger partial charge in [-0.25, -0.2) is 0 Å². The summed E-state index contributed by atoms with van der Waals surface area (Å²) in [5.74, 6) is 0.134. The molecule has 17 heavy (non-hydrogen) atoms. The summed E-state index contributed by atoms with van der Waals surface area (Å²) in [7, 11) is 0. The molecule has 2 atom stereocenters. The predicted molar refractivity (Wildman–Crippen MR) is 70.1 cm³/mol. The van der Waals surface area contributed by atoms with Crippen LogP contribution in [-0.4, -0.2) is 35.3 Å². The van der Waals surface area contributed by atoms with Crippen molar-refractivity contribution < 1.29 is 9.53 Å². The third-order valence-electron chi connectivity index (χ3n) is 2.89. The van der Waals surface area contributed by atoms with E-state index >= 15 is 0 Å². The Labute approximate surface area is 110 Å². The molecule has 1 aliphatic rings. The molecule has 1 saturated heterocycles. The Kier molecular flexibility index (Phi) is 4.18. The van der Waals surface area contributed by atoms with E-state index in [1.165, 1.54) is 0 Å². The van der Waals surface area contributed by atoms with E-state index in [2.05, 4.69) is 15.9 Å². The zero-order valence-electron chi connectivity index (χ0n) is 9.80. The molecule has 2 unspecified atom stereocenters. The lowest BCUT2D eigenvalue weighted by atomic mass is 10.1. The van der Waals surface area contributed by atoms with Gasteiger partial charge in [0.2, 0.25) is 5.91 Å². The Morgan fingerprint density at radius 1 is 1.47 bits per heavy atom. The molecule has 2 rings (SSSR count). The SMILES string of the molecule is CC(Br)C(=O)N1CCOC(c2ccccc2)C1. The first-order chi connectivity index (χ1) is 8.18. The molecule has 0 saturated carbocycles. The fraction of sp³-hybridized carbons (Fsp3) is 0.462. The molecule has 0 aromatic heterocycles. The van der Waals surface area contributed by atoms with E-state index in [4.69, 9.17) is 4.74 Å². The first kappa shape index (κ1) is 12.6. The number of carbonyl (C=O) groups is 1. The average molecular weight is 298 g/mol. The molecule has 0 bridgehead atoms. The number of amides is 1. The number of carbonyl (C=O) groups excluding carboxylic acids is 1. The molecule has 4 heteroatoms. The van der Waals surface area contributed by atoms with Gasteiger partial charge in [0.05, 0.1) is 18.0 Å². The Morgan fingerprint density at radius 3 is 2.82 bits per heavy atom. The minimum absolute atomic E-state index is 0.000139. The van der Waals surface area contributed by atoms with Crippen molar-refractivity contribution in [1.29, 1.82) is 0 Å². The second kappa shape index (κ2) is 5.65. The lowest BCUT2D eigenvalue weighted by molar-refractivity contribution is -0.137. The van der Waals surface area contributed by atoms with Crippen molar-refractivity contribution >= 4 is 21.8 Å². The fourth-order valence-electron chi connectivity index (χ4n) is 1.97. The first-order valence-electron chi connectivity index (χ1n) is 5.78. The van der Waals surface area contributed by atoms with Crippen molar-refractivity contribution in [2.45, 2.75) is 17.9 Å². The third kappa shape index (κ3) is 3.07. The molecule has 0 N–H and O–H groups in total. The van der Waals surface area contributed by atoms with Crippen LogP contribution in [0.1, 0.15) is 18.6 Å². The van der Waals surface area contributed by atoms with E-state index in [0.29, 0.717) is 19.7 Å². The summed E-state index contributed by atoms with van der Waals surface area (Å²) in [5, 5.41) is 0. The van der Waals surface area contributed by atoms with Gasteiger partial charge in [0.15, 0.2) is 0 Å². The van der Waals surface area contributed by atoms with E-state index in [-0.39, 0.29) is 16.8 Å². The Balaban J connectivity index is 2.05. The normalized spacial score (nSPS) is 22.2. The van der Waals surface area contributed by atoms with Crippen molar-refractivity contribution in [3.8, 4) is 0 Å². The highest BCUT2D eigenvalue weighted by molar-refractivity contribution is 9.10. The standard InChI is InChI=1S/C13H16BrNO2/c1-10(14)13(16)15-7-8-17-12(9-15)11-5-3-2-4-6-11/h2-6,10,12H,7-9H2,1H3. The summed E-state index contributed by atoms with van der Waals surface area (Å²) in [5.41, 5.74) is 1.13. The zero-order chi connectivity index (χ0) is 12.3. The van der Waals surface area contributed by atoms with Crippen molar-refractivity contribution in [2.75, 3.05) is 19.7 Å². The second-order valence-corrected chi connectivity index (χ2v) is 5.54. The Bertz CT molecular complexity index is 380. The van der Waals surface area contributed by atoms with E-state index in [1.807, 2.05) is 42.2 Å². The molecule has 1 aromatic rings. The highest BCUT2D eigenvalue weighted by atomic mass is 79.9. The number of rotatable bonds is 2. The van der Waals surface area contributed by atoms with Gasteiger partial charge in [-0.05, 0) is 12.5 Å². The smallest absolute Gasteiger partial charge is 0.236 e. The highest BCUT2D eigenvalue weighted by Gasteiger charge is 2.26. The molecule has 1 fully saturated rings. The number of ether oxygens (including phenoxy) is 1. The number of alkyl halides is 1. The third-order valence-corrected chi connectivity index (χ3v) is 3.28. The minimum Gasteiger partial charge on any atom is -0.370 e. The maximum atomic E-state index is 11.9. The number of halogens is 1. The number of hydrogen-bond acceptors (Lipinski definition) is 2. The van der Waals surface area contributed by atoms with Crippen LogP contribution >= 0.6 is 15.9 Å². The minimum atomic E-state index is -0.128. The van der Waals surface area contributed by atoms with E-state index in [1.54, 1.807) is 0 Å². The Hall–Kier alpha value is -0.870. The summed E-state index contributed by atoms with van der Waals surface area (Å²) < 4.78 is 5.71. The molecule has 0 spiro atoms. The maximum absolute atomic E-state index is 11.9. The van der Waals surface area contributed by atoms with Gasteiger partial charge >= 0.3 is 0 Å². The van der Waals surface area contributed by atoms with Crippen LogP contribution in [0.3, 0.4) is 0 Å². The van der Waals surface area contributed by atoms with Gasteiger partial charge in [0.25, 0.3) is 0 Å². The van der Waals surface area contributed by atoms with Crippen LogP contribution in [0.4, 0.5) is 0 Å². The number of nitrogens with zero attached hydrogens (tertiary/aromatic N) is 1. The quantitative estimate of drug-likeness (QED) is 0.785. The Morgan fingerprint density at radius 2 is 2.18 bits per heavy atom. The maximum Gasteiger partial charge on any atom is 0.236 e. The molecule has 0 radical (unpaired) electrons. The van der Waals surface area contributed by atoms with Crippen LogP contribution in [0.2, 0.25) is 0 Å². The lowest BCUT2D eigenvalue weighted by Crippen LogP contribution is -2.44. The average Bonchev–Trinajstić information content (AvgIpc) is 2.39. The van der Waals surface area contributed by atoms with Gasteiger partial charge in [0.1, 0.15) is 6.10 Å². The zero-order valence-corrected chi connectivity index (χ0v) is 11.4. The summed E-state index contributed by atoms with van der Waals surface area (Å²) in [6, 6.07) is 10.0. The second-order valence-electron chi connectivity index (χ2n) is 4.17. The van der Waals surface area contributed by atoms with Crippen molar-refractivity contribution in [3.05, 3.63) is 35.9 Å². The summed E-state index contributed by atoms with van der Waals surface area (Å²) in [6.07, 6.45) is 0.000139. The summed E-state index contributed by atoms with van der Waals surface area (Å²) >= 11 is 3.32. The molecule has 3 nitrogen and oxygen atoms in total. The van der Waals surface area contributed by atoms with E-state index in [0.717, 1.165) is 5.56 Å². The van der Waals surface area contributed by atoms with Gasteiger partial charge < -0.3 is 9.64 Å². The molecular formula is C13H16BrNO2. The largest absolute Gasteiger partial charge is 0.370 e. The molecular weight excluding hydrogens is 282 g/mol. The summed E-state index contributed by atoms with van der Waals surface area (Å²) in [4.78, 5) is 13.6. The van der Waals surface area contributed by atoms with Gasteiger partial charge in [-0.3, -0.25) is 4.79 Å².